The lowest BCUT2D eigenvalue weighted by atomic mass is 9.61. The topological polar surface area (TPSA) is 29.9 Å². The molecule has 202 valence electrons. The third-order valence-electron chi connectivity index (χ3n) is 9.88. The number of rotatable bonds is 2. The average molecular weight is 544 g/mol. The van der Waals surface area contributed by atoms with Crippen molar-refractivity contribution in [2.75, 3.05) is 0 Å². The number of hydrogen-bond acceptors (Lipinski definition) is 2. The Morgan fingerprint density at radius 1 is 0.690 bits per heavy atom. The highest BCUT2D eigenvalue weighted by molar-refractivity contribution is 6.07. The Hall–Kier alpha value is -4.76. The molecule has 0 N–H and O–H groups in total. The maximum Gasteiger partial charge on any atom is 0.287 e. The van der Waals surface area contributed by atoms with Crippen LogP contribution in [-0.2, 0) is 7.05 Å². The van der Waals surface area contributed by atoms with Crippen molar-refractivity contribution in [3.05, 3.63) is 142 Å². The van der Waals surface area contributed by atoms with Crippen molar-refractivity contribution in [3.63, 3.8) is 0 Å². The summed E-state index contributed by atoms with van der Waals surface area (Å²) in [5.74, 6) is 0.843. The standard InChI is InChI=1S/C39H31N2O/c1-21(2)29-17-30(22(3)23-11-5-6-12-24(23)29)38-39-37(40-20-41(38)4)33-18-31-32(19-34(33)42-39)36-27-15-9-7-13-25(27)35(31)26-14-8-10-16-28(26)36/h5-21,35-36H,1-4H3/q+1. The molecule has 0 saturated carbocycles. The van der Waals surface area contributed by atoms with Crippen LogP contribution in [0.1, 0.15) is 76.1 Å². The van der Waals surface area contributed by atoms with E-state index in [0.29, 0.717) is 5.92 Å². The van der Waals surface area contributed by atoms with Crippen molar-refractivity contribution in [2.45, 2.75) is 38.5 Å². The second-order valence-corrected chi connectivity index (χ2v) is 12.4. The molecule has 0 unspecified atom stereocenters. The molecule has 3 aliphatic carbocycles. The Labute approximate surface area is 245 Å². The smallest absolute Gasteiger partial charge is 0.287 e. The molecule has 3 heteroatoms. The summed E-state index contributed by atoms with van der Waals surface area (Å²) in [6.45, 7) is 6.79. The number of benzene rings is 5. The lowest BCUT2D eigenvalue weighted by Gasteiger charge is -2.42. The molecule has 2 heterocycles. The number of aromatic nitrogens is 2. The van der Waals surface area contributed by atoms with Gasteiger partial charge in [-0.3, -0.25) is 0 Å². The van der Waals surface area contributed by atoms with Gasteiger partial charge in [-0.2, -0.15) is 0 Å². The zero-order valence-electron chi connectivity index (χ0n) is 24.3. The second-order valence-electron chi connectivity index (χ2n) is 12.4. The molecule has 3 nitrogen and oxygen atoms in total. The molecule has 0 atom stereocenters. The van der Waals surface area contributed by atoms with Crippen LogP contribution in [0.2, 0.25) is 0 Å². The minimum absolute atomic E-state index is 0.217. The molecule has 0 radical (unpaired) electrons. The van der Waals surface area contributed by atoms with Crippen LogP contribution in [0.3, 0.4) is 0 Å². The van der Waals surface area contributed by atoms with Crippen molar-refractivity contribution < 1.29 is 8.98 Å². The van der Waals surface area contributed by atoms with E-state index in [9.17, 15) is 0 Å². The third kappa shape index (κ3) is 3.01. The molecule has 5 aromatic carbocycles. The van der Waals surface area contributed by atoms with E-state index >= 15 is 0 Å². The lowest BCUT2D eigenvalue weighted by Crippen LogP contribution is -2.31. The van der Waals surface area contributed by atoms with Gasteiger partial charge in [0.05, 0.1) is 12.4 Å². The molecule has 0 aliphatic heterocycles. The summed E-state index contributed by atoms with van der Waals surface area (Å²) in [5, 5.41) is 3.71. The first-order chi connectivity index (χ1) is 20.5. The van der Waals surface area contributed by atoms with Gasteiger partial charge in [-0.25, -0.2) is 4.57 Å². The van der Waals surface area contributed by atoms with Gasteiger partial charge in [0.25, 0.3) is 6.33 Å². The molecular weight excluding hydrogens is 512 g/mol. The molecule has 3 aliphatic rings. The van der Waals surface area contributed by atoms with Crippen molar-refractivity contribution >= 4 is 32.8 Å². The van der Waals surface area contributed by atoms with Crippen LogP contribution in [-0.4, -0.2) is 4.98 Å². The SMILES string of the molecule is Cc1c(-c2c3oc4cc5c(cc4c3nc[n+]2C)C2c3ccccc3C5c3ccccc32)cc(C(C)C)c2ccccc12. The fraction of sp³-hybridized carbons (Fsp3) is 0.179. The molecule has 2 aromatic heterocycles. The monoisotopic (exact) mass is 543 g/mol. The molecule has 42 heavy (non-hydrogen) atoms. The summed E-state index contributed by atoms with van der Waals surface area (Å²) in [4.78, 5) is 4.97. The van der Waals surface area contributed by atoms with Gasteiger partial charge in [0.1, 0.15) is 5.58 Å². The highest BCUT2D eigenvalue weighted by Gasteiger charge is 2.42. The highest BCUT2D eigenvalue weighted by atomic mass is 16.3. The first-order valence-corrected chi connectivity index (χ1v) is 15.0. The molecule has 0 saturated heterocycles. The zero-order chi connectivity index (χ0) is 28.3. The Morgan fingerprint density at radius 3 is 1.88 bits per heavy atom. The molecule has 0 amide bonds. The zero-order valence-corrected chi connectivity index (χ0v) is 24.3. The summed E-state index contributed by atoms with van der Waals surface area (Å²) in [5.41, 5.74) is 16.0. The van der Waals surface area contributed by atoms with Crippen LogP contribution in [0.15, 0.2) is 102 Å². The fourth-order valence-electron chi connectivity index (χ4n) is 7.98. The molecule has 0 spiro atoms. The summed E-state index contributed by atoms with van der Waals surface area (Å²) in [6.07, 6.45) is 1.95. The van der Waals surface area contributed by atoms with E-state index in [1.165, 1.54) is 60.8 Å². The summed E-state index contributed by atoms with van der Waals surface area (Å²) in [7, 11) is 2.08. The minimum atomic E-state index is 0.217. The Morgan fingerprint density at radius 2 is 1.26 bits per heavy atom. The van der Waals surface area contributed by atoms with Crippen LogP contribution in [0.4, 0.5) is 0 Å². The van der Waals surface area contributed by atoms with Gasteiger partial charge in [0, 0.05) is 17.4 Å². The molecule has 7 aromatic rings. The van der Waals surface area contributed by atoms with Gasteiger partial charge in [-0.15, -0.1) is 0 Å². The Balaban J connectivity index is 1.34. The first kappa shape index (κ1) is 23.9. The first-order valence-electron chi connectivity index (χ1n) is 15.0. The van der Waals surface area contributed by atoms with E-state index in [1.807, 2.05) is 6.33 Å². The van der Waals surface area contributed by atoms with E-state index in [1.54, 1.807) is 0 Å². The van der Waals surface area contributed by atoms with Crippen molar-refractivity contribution in [2.24, 2.45) is 7.05 Å². The van der Waals surface area contributed by atoms with E-state index in [4.69, 9.17) is 9.40 Å². The number of fused-ring (bicyclic) bond motifs is 4. The maximum absolute atomic E-state index is 6.85. The molecule has 0 fully saturated rings. The minimum Gasteiger partial charge on any atom is -0.447 e. The maximum atomic E-state index is 6.85. The van der Waals surface area contributed by atoms with Gasteiger partial charge in [-0.05, 0) is 91.3 Å². The lowest BCUT2D eigenvalue weighted by molar-refractivity contribution is -0.662. The van der Waals surface area contributed by atoms with Gasteiger partial charge in [0.15, 0.2) is 5.69 Å². The van der Waals surface area contributed by atoms with E-state index < -0.39 is 0 Å². The number of furan rings is 1. The van der Waals surface area contributed by atoms with E-state index in [2.05, 4.69) is 123 Å². The van der Waals surface area contributed by atoms with Gasteiger partial charge in [-0.1, -0.05) is 86.6 Å². The number of hydrogen-bond donors (Lipinski definition) is 0. The van der Waals surface area contributed by atoms with Gasteiger partial charge >= 0.3 is 0 Å². The van der Waals surface area contributed by atoms with Crippen LogP contribution >= 0.6 is 0 Å². The second kappa shape index (κ2) is 8.39. The van der Waals surface area contributed by atoms with Crippen molar-refractivity contribution in [1.29, 1.82) is 0 Å². The van der Waals surface area contributed by atoms with Gasteiger partial charge in [0.2, 0.25) is 11.1 Å². The van der Waals surface area contributed by atoms with Crippen LogP contribution < -0.4 is 4.57 Å². The molecule has 2 bridgehead atoms. The Bertz CT molecular complexity index is 2220. The van der Waals surface area contributed by atoms with Crippen LogP contribution in [0.5, 0.6) is 0 Å². The molecular formula is C39H31N2O+. The van der Waals surface area contributed by atoms with Crippen molar-refractivity contribution in [3.8, 4) is 11.3 Å². The summed E-state index contributed by atoms with van der Waals surface area (Å²) < 4.78 is 8.98. The fourth-order valence-corrected chi connectivity index (χ4v) is 7.98. The summed E-state index contributed by atoms with van der Waals surface area (Å²) in [6, 6.07) is 33.8. The predicted octanol–water partition coefficient (Wildman–Crippen LogP) is 9.04. The largest absolute Gasteiger partial charge is 0.447 e. The van der Waals surface area contributed by atoms with Gasteiger partial charge < -0.3 is 4.42 Å². The molecule has 10 rings (SSSR count). The van der Waals surface area contributed by atoms with Crippen LogP contribution in [0.25, 0.3) is 44.1 Å². The number of aryl methyl sites for hydroxylation is 2. The predicted molar refractivity (Wildman–Crippen MR) is 169 cm³/mol. The van der Waals surface area contributed by atoms with E-state index in [0.717, 1.165) is 27.8 Å². The summed E-state index contributed by atoms with van der Waals surface area (Å²) >= 11 is 0. The average Bonchev–Trinajstić information content (AvgIpc) is 3.37. The van der Waals surface area contributed by atoms with Crippen LogP contribution in [0, 0.1) is 6.92 Å². The van der Waals surface area contributed by atoms with E-state index in [-0.39, 0.29) is 11.8 Å². The third-order valence-corrected chi connectivity index (χ3v) is 9.88. The van der Waals surface area contributed by atoms with Crippen molar-refractivity contribution in [1.82, 2.24) is 4.98 Å². The Kier molecular flexibility index (Phi) is 4.77. The number of nitrogens with zero attached hydrogens (tertiary/aromatic N) is 2. The quantitative estimate of drug-likeness (QED) is 0.204. The highest BCUT2D eigenvalue weighted by Crippen LogP contribution is 2.56. The normalized spacial score (nSPS) is 16.8.